The molecule has 0 radical (unpaired) electrons. The van der Waals surface area contributed by atoms with Gasteiger partial charge in [-0.15, -0.1) is 0 Å². The van der Waals surface area contributed by atoms with E-state index in [-0.39, 0.29) is 5.91 Å². The van der Waals surface area contributed by atoms with Crippen LogP contribution in [-0.2, 0) is 17.6 Å². The van der Waals surface area contributed by atoms with E-state index in [1.54, 1.807) is 6.07 Å². The number of fused-ring (bicyclic) bond motifs is 1. The number of hydrogen-bond donors (Lipinski definition) is 1. The third-order valence-electron chi connectivity index (χ3n) is 5.04. The van der Waals surface area contributed by atoms with Gasteiger partial charge in [0.25, 0.3) is 5.91 Å². The second kappa shape index (κ2) is 6.39. The smallest absolute Gasteiger partial charge is 0.306 e. The van der Waals surface area contributed by atoms with Gasteiger partial charge in [-0.2, -0.15) is 9.78 Å². The average molecular weight is 471 g/mol. The summed E-state index contributed by atoms with van der Waals surface area (Å²) in [5, 5.41) is 14.2. The molecule has 2 aliphatic rings. The van der Waals surface area contributed by atoms with Gasteiger partial charge in [0.15, 0.2) is 0 Å². The van der Waals surface area contributed by atoms with Gasteiger partial charge in [-0.25, -0.2) is 0 Å². The molecule has 1 saturated carbocycles. The van der Waals surface area contributed by atoms with E-state index in [1.165, 1.54) is 4.68 Å². The molecule has 5 nitrogen and oxygen atoms in total. The van der Waals surface area contributed by atoms with E-state index in [0.29, 0.717) is 35.8 Å². The molecule has 4 rings (SSSR count). The molecule has 1 fully saturated rings. The molecule has 0 amide bonds. The zero-order chi connectivity index (χ0) is 17.7. The summed E-state index contributed by atoms with van der Waals surface area (Å²) in [7, 11) is 0. The minimum Gasteiger partial charge on any atom is -0.481 e. The molecule has 1 heterocycles. The van der Waals surface area contributed by atoms with Gasteiger partial charge >= 0.3 is 5.97 Å². The highest BCUT2D eigenvalue weighted by molar-refractivity contribution is 14.1. The molecular formula is C18H16ClIN2O3. The Morgan fingerprint density at radius 3 is 2.72 bits per heavy atom. The Morgan fingerprint density at radius 1 is 1.28 bits per heavy atom. The lowest BCUT2D eigenvalue weighted by atomic mass is 9.88. The topological polar surface area (TPSA) is 72.2 Å². The van der Waals surface area contributed by atoms with Gasteiger partial charge in [0, 0.05) is 12.0 Å². The summed E-state index contributed by atoms with van der Waals surface area (Å²) in [5.74, 6) is -1.16. The van der Waals surface area contributed by atoms with Crippen molar-refractivity contribution < 1.29 is 14.7 Å². The van der Waals surface area contributed by atoms with E-state index in [0.717, 1.165) is 33.4 Å². The van der Waals surface area contributed by atoms with E-state index in [2.05, 4.69) is 27.7 Å². The number of carboxylic acid groups (broad SMARTS) is 1. The molecule has 0 saturated heterocycles. The Kier molecular flexibility index (Phi) is 4.35. The first-order chi connectivity index (χ1) is 12.0. The van der Waals surface area contributed by atoms with Crippen LogP contribution in [0.25, 0.3) is 0 Å². The lowest BCUT2D eigenvalue weighted by molar-refractivity contribution is -0.142. The summed E-state index contributed by atoms with van der Waals surface area (Å²) < 4.78 is 2.16. The number of carbonyl (C=O) groups excluding carboxylic acids is 1. The van der Waals surface area contributed by atoms with Crippen LogP contribution < -0.4 is 0 Å². The van der Waals surface area contributed by atoms with Crippen LogP contribution in [-0.4, -0.2) is 26.8 Å². The van der Waals surface area contributed by atoms with Crippen molar-refractivity contribution in [1.82, 2.24) is 9.78 Å². The van der Waals surface area contributed by atoms with Crippen molar-refractivity contribution in [3.63, 3.8) is 0 Å². The van der Waals surface area contributed by atoms with Crippen LogP contribution in [0.3, 0.4) is 0 Å². The molecular weight excluding hydrogens is 455 g/mol. The Morgan fingerprint density at radius 2 is 2.04 bits per heavy atom. The molecule has 0 aliphatic heterocycles. The van der Waals surface area contributed by atoms with Gasteiger partial charge in [0.05, 0.1) is 22.2 Å². The van der Waals surface area contributed by atoms with Gasteiger partial charge in [0.2, 0.25) is 0 Å². The van der Waals surface area contributed by atoms with Crippen molar-refractivity contribution in [2.75, 3.05) is 0 Å². The number of halogens is 2. The second-order valence-electron chi connectivity index (χ2n) is 6.69. The largest absolute Gasteiger partial charge is 0.481 e. The Hall–Kier alpha value is -1.41. The van der Waals surface area contributed by atoms with Gasteiger partial charge in [-0.05, 0) is 65.8 Å². The first kappa shape index (κ1) is 17.0. The minimum absolute atomic E-state index is 0.252. The third-order valence-corrected chi connectivity index (χ3v) is 6.22. The van der Waals surface area contributed by atoms with Gasteiger partial charge in [0.1, 0.15) is 3.70 Å². The van der Waals surface area contributed by atoms with Crippen molar-refractivity contribution >= 4 is 46.1 Å². The Labute approximate surface area is 163 Å². The lowest BCUT2D eigenvalue weighted by Gasteiger charge is -2.20. The maximum Gasteiger partial charge on any atom is 0.306 e. The SMILES string of the molecule is O=C(O)C1CCc2c(I)nn(C(=O)c3c(Cl)cccc3C3CC3)c2C1. The number of hydrogen-bond acceptors (Lipinski definition) is 3. The molecule has 1 atom stereocenters. The van der Waals surface area contributed by atoms with E-state index >= 15 is 0 Å². The van der Waals surface area contributed by atoms with E-state index in [4.69, 9.17) is 11.6 Å². The summed E-state index contributed by atoms with van der Waals surface area (Å²) in [6, 6.07) is 5.55. The van der Waals surface area contributed by atoms with Crippen molar-refractivity contribution in [2.24, 2.45) is 5.92 Å². The van der Waals surface area contributed by atoms with Crippen molar-refractivity contribution in [3.8, 4) is 0 Å². The maximum atomic E-state index is 13.2. The number of carboxylic acids is 1. The van der Waals surface area contributed by atoms with Gasteiger partial charge < -0.3 is 5.11 Å². The molecule has 130 valence electrons. The molecule has 25 heavy (non-hydrogen) atoms. The molecule has 1 unspecified atom stereocenters. The number of aromatic nitrogens is 2. The monoisotopic (exact) mass is 470 g/mol. The minimum atomic E-state index is -0.822. The molecule has 0 bridgehead atoms. The molecule has 1 aromatic carbocycles. The zero-order valence-corrected chi connectivity index (χ0v) is 16.2. The number of benzene rings is 1. The normalized spacial score (nSPS) is 19.5. The lowest BCUT2D eigenvalue weighted by Crippen LogP contribution is -2.26. The average Bonchev–Trinajstić information content (AvgIpc) is 3.38. The summed E-state index contributed by atoms with van der Waals surface area (Å²) in [4.78, 5) is 24.6. The predicted octanol–water partition coefficient (Wildman–Crippen LogP) is 3.90. The fourth-order valence-corrected chi connectivity index (χ4v) is 4.61. The highest BCUT2D eigenvalue weighted by atomic mass is 127. The number of nitrogens with zero attached hydrogens (tertiary/aromatic N) is 2. The summed E-state index contributed by atoms with van der Waals surface area (Å²) >= 11 is 8.48. The number of carbonyl (C=O) groups is 2. The number of rotatable bonds is 3. The van der Waals surface area contributed by atoms with Crippen LogP contribution in [0, 0.1) is 9.62 Å². The van der Waals surface area contributed by atoms with Crippen LogP contribution in [0.5, 0.6) is 0 Å². The zero-order valence-electron chi connectivity index (χ0n) is 13.3. The Balaban J connectivity index is 1.79. The van der Waals surface area contributed by atoms with E-state index in [1.807, 2.05) is 12.1 Å². The van der Waals surface area contributed by atoms with Crippen LogP contribution in [0.15, 0.2) is 18.2 Å². The summed E-state index contributed by atoms with van der Waals surface area (Å²) in [6.45, 7) is 0. The van der Waals surface area contributed by atoms with Crippen LogP contribution in [0.4, 0.5) is 0 Å². The quantitative estimate of drug-likeness (QED) is 0.691. The van der Waals surface area contributed by atoms with E-state index in [9.17, 15) is 14.7 Å². The van der Waals surface area contributed by atoms with Gasteiger partial charge in [-0.3, -0.25) is 9.59 Å². The predicted molar refractivity (Wildman–Crippen MR) is 101 cm³/mol. The summed E-state index contributed by atoms with van der Waals surface area (Å²) in [6.07, 6.45) is 3.68. The fourth-order valence-electron chi connectivity index (χ4n) is 3.55. The third kappa shape index (κ3) is 2.99. The highest BCUT2D eigenvalue weighted by Crippen LogP contribution is 2.43. The second-order valence-corrected chi connectivity index (χ2v) is 8.12. The molecule has 1 N–H and O–H groups in total. The highest BCUT2D eigenvalue weighted by Gasteiger charge is 2.34. The first-order valence-corrected chi connectivity index (χ1v) is 9.75. The Bertz CT molecular complexity index is 889. The van der Waals surface area contributed by atoms with Crippen molar-refractivity contribution in [3.05, 3.63) is 49.3 Å². The molecule has 7 heteroatoms. The van der Waals surface area contributed by atoms with Crippen molar-refractivity contribution in [1.29, 1.82) is 0 Å². The fraction of sp³-hybridized carbons (Fsp3) is 0.389. The standard InChI is InChI=1S/C18H16ClIN2O3/c19-13-3-1-2-11(9-4-5-9)15(13)17(23)22-14-8-10(18(24)25)6-7-12(14)16(20)21-22/h1-3,9-10H,4-8H2,(H,24,25). The van der Waals surface area contributed by atoms with Gasteiger partial charge in [-0.1, -0.05) is 23.7 Å². The molecule has 2 aliphatic carbocycles. The van der Waals surface area contributed by atoms with Crippen LogP contribution in [0.2, 0.25) is 5.02 Å². The van der Waals surface area contributed by atoms with E-state index < -0.39 is 11.9 Å². The molecule has 1 aromatic heterocycles. The number of aliphatic carboxylic acids is 1. The maximum absolute atomic E-state index is 13.2. The summed E-state index contributed by atoms with van der Waals surface area (Å²) in [5.41, 5.74) is 3.19. The molecule has 0 spiro atoms. The first-order valence-electron chi connectivity index (χ1n) is 8.29. The van der Waals surface area contributed by atoms with Crippen molar-refractivity contribution in [2.45, 2.75) is 38.0 Å². The van der Waals surface area contributed by atoms with Crippen LogP contribution >= 0.6 is 34.2 Å². The van der Waals surface area contributed by atoms with Crippen LogP contribution in [0.1, 0.15) is 52.4 Å². The molecule has 2 aromatic rings.